The Labute approximate surface area is 189 Å². The Balaban J connectivity index is 1.51. The van der Waals surface area contributed by atoms with E-state index in [4.69, 9.17) is 16.3 Å². The van der Waals surface area contributed by atoms with Crippen LogP contribution in [-0.4, -0.2) is 30.6 Å². The highest BCUT2D eigenvalue weighted by Crippen LogP contribution is 2.33. The van der Waals surface area contributed by atoms with E-state index in [0.717, 1.165) is 16.3 Å². The summed E-state index contributed by atoms with van der Waals surface area (Å²) in [5.74, 6) is -0.415. The molecule has 4 aromatic rings. The lowest BCUT2D eigenvalue weighted by molar-refractivity contribution is -0.118. The number of anilines is 1. The molecule has 0 radical (unpaired) electrons. The normalized spacial score (nSPS) is 10.6. The van der Waals surface area contributed by atoms with Crippen LogP contribution < -0.4 is 10.1 Å². The number of methoxy groups -OCH3 is 1. The standard InChI is InChI=1S/C25H19ClN2O4/c1-31-25(30)17-11-12-21(20(26)14-17)28-23(29)15-32-22-10-5-13-27-24(22)19-9-4-7-16-6-2-3-8-18(16)19/h2-14H,15H2,1H3,(H,28,29). The number of esters is 1. The Morgan fingerprint density at radius 3 is 2.62 bits per heavy atom. The zero-order valence-electron chi connectivity index (χ0n) is 17.2. The lowest BCUT2D eigenvalue weighted by atomic mass is 10.0. The Morgan fingerprint density at radius 2 is 1.81 bits per heavy atom. The van der Waals surface area contributed by atoms with Gasteiger partial charge in [0.25, 0.3) is 5.91 Å². The minimum absolute atomic E-state index is 0.221. The number of carbonyl (C=O) groups is 2. The molecule has 0 fully saturated rings. The van der Waals surface area contributed by atoms with Gasteiger partial charge in [-0.2, -0.15) is 0 Å². The number of fused-ring (bicyclic) bond motifs is 1. The zero-order chi connectivity index (χ0) is 22.5. The third-order valence-corrected chi connectivity index (χ3v) is 5.15. The van der Waals surface area contributed by atoms with Gasteiger partial charge in [0, 0.05) is 11.8 Å². The molecule has 160 valence electrons. The second kappa shape index (κ2) is 9.49. The average Bonchev–Trinajstić information content (AvgIpc) is 2.83. The number of rotatable bonds is 6. The first-order valence-corrected chi connectivity index (χ1v) is 10.2. The molecule has 0 bridgehead atoms. The summed E-state index contributed by atoms with van der Waals surface area (Å²) in [4.78, 5) is 28.5. The lowest BCUT2D eigenvalue weighted by Gasteiger charge is -2.13. The number of nitrogens with one attached hydrogen (secondary N) is 1. The predicted octanol–water partition coefficient (Wildman–Crippen LogP) is 5.36. The maximum atomic E-state index is 12.5. The van der Waals surface area contributed by atoms with Gasteiger partial charge in [0.05, 0.1) is 23.4 Å². The van der Waals surface area contributed by atoms with Crippen LogP contribution in [0.2, 0.25) is 5.02 Å². The zero-order valence-corrected chi connectivity index (χ0v) is 17.9. The molecule has 0 saturated carbocycles. The molecule has 3 aromatic carbocycles. The summed E-state index contributed by atoms with van der Waals surface area (Å²) in [5.41, 5.74) is 2.23. The van der Waals surface area contributed by atoms with Gasteiger partial charge in [-0.25, -0.2) is 4.79 Å². The molecule has 7 heteroatoms. The molecule has 6 nitrogen and oxygen atoms in total. The van der Waals surface area contributed by atoms with Crippen molar-refractivity contribution in [3.63, 3.8) is 0 Å². The summed E-state index contributed by atoms with van der Waals surface area (Å²) in [6.45, 7) is -0.238. The molecular weight excluding hydrogens is 428 g/mol. The van der Waals surface area contributed by atoms with Crippen LogP contribution in [0.15, 0.2) is 79.0 Å². The van der Waals surface area contributed by atoms with Gasteiger partial charge in [-0.1, -0.05) is 54.1 Å². The fourth-order valence-corrected chi connectivity index (χ4v) is 3.56. The van der Waals surface area contributed by atoms with Crippen LogP contribution in [0.5, 0.6) is 5.75 Å². The molecule has 0 unspecified atom stereocenters. The van der Waals surface area contributed by atoms with Crippen molar-refractivity contribution >= 4 is 39.9 Å². The first-order chi connectivity index (χ1) is 15.6. The van der Waals surface area contributed by atoms with E-state index in [-0.39, 0.29) is 11.6 Å². The van der Waals surface area contributed by atoms with Gasteiger partial charge in [0.1, 0.15) is 11.4 Å². The average molecular weight is 447 g/mol. The van der Waals surface area contributed by atoms with Crippen molar-refractivity contribution in [3.8, 4) is 17.0 Å². The van der Waals surface area contributed by atoms with Gasteiger partial charge in [-0.15, -0.1) is 0 Å². The number of hydrogen-bond donors (Lipinski definition) is 1. The highest BCUT2D eigenvalue weighted by Gasteiger charge is 2.14. The maximum absolute atomic E-state index is 12.5. The van der Waals surface area contributed by atoms with E-state index in [0.29, 0.717) is 22.7 Å². The Morgan fingerprint density at radius 1 is 1.00 bits per heavy atom. The number of benzene rings is 3. The summed E-state index contributed by atoms with van der Waals surface area (Å²) in [7, 11) is 1.29. The van der Waals surface area contributed by atoms with Crippen LogP contribution in [0.1, 0.15) is 10.4 Å². The Kier molecular flexibility index (Phi) is 6.33. The summed E-state index contributed by atoms with van der Waals surface area (Å²) >= 11 is 6.18. The lowest BCUT2D eigenvalue weighted by Crippen LogP contribution is -2.20. The third-order valence-electron chi connectivity index (χ3n) is 4.84. The SMILES string of the molecule is COC(=O)c1ccc(NC(=O)COc2cccnc2-c2cccc3ccccc23)c(Cl)c1. The molecule has 1 aromatic heterocycles. The van der Waals surface area contributed by atoms with Crippen LogP contribution in [0.4, 0.5) is 5.69 Å². The second-order valence-corrected chi connectivity index (χ2v) is 7.31. The Hall–Kier alpha value is -3.90. The summed E-state index contributed by atoms with van der Waals surface area (Å²) in [6, 6.07) is 22.0. The minimum atomic E-state index is -0.509. The quantitative estimate of drug-likeness (QED) is 0.403. The van der Waals surface area contributed by atoms with Crippen LogP contribution in [0, 0.1) is 0 Å². The van der Waals surface area contributed by atoms with E-state index in [2.05, 4.69) is 15.0 Å². The number of amides is 1. The molecule has 0 aliphatic heterocycles. The van der Waals surface area contributed by atoms with Crippen molar-refractivity contribution in [1.82, 2.24) is 4.98 Å². The first kappa shape index (κ1) is 21.3. The number of nitrogens with zero attached hydrogens (tertiary/aromatic N) is 1. The van der Waals surface area contributed by atoms with E-state index in [1.165, 1.54) is 25.3 Å². The maximum Gasteiger partial charge on any atom is 0.337 e. The number of ether oxygens (including phenoxy) is 2. The van der Waals surface area contributed by atoms with Crippen LogP contribution >= 0.6 is 11.6 Å². The molecule has 1 amide bonds. The molecule has 1 heterocycles. The van der Waals surface area contributed by atoms with Crippen LogP contribution in [-0.2, 0) is 9.53 Å². The molecule has 0 spiro atoms. The first-order valence-electron chi connectivity index (χ1n) is 9.80. The largest absolute Gasteiger partial charge is 0.481 e. The summed E-state index contributed by atoms with van der Waals surface area (Å²) in [6.07, 6.45) is 1.69. The van der Waals surface area contributed by atoms with E-state index in [9.17, 15) is 9.59 Å². The van der Waals surface area contributed by atoms with E-state index < -0.39 is 11.9 Å². The monoisotopic (exact) mass is 446 g/mol. The smallest absolute Gasteiger partial charge is 0.337 e. The Bertz CT molecular complexity index is 1300. The van der Waals surface area contributed by atoms with E-state index in [1.807, 2.05) is 42.5 Å². The van der Waals surface area contributed by atoms with E-state index in [1.54, 1.807) is 18.3 Å². The molecule has 1 N–H and O–H groups in total. The molecular formula is C25H19ClN2O4. The second-order valence-electron chi connectivity index (χ2n) is 6.90. The molecule has 4 rings (SSSR count). The molecule has 0 saturated heterocycles. The number of aromatic nitrogens is 1. The third kappa shape index (κ3) is 4.55. The fraction of sp³-hybridized carbons (Fsp3) is 0.0800. The van der Waals surface area contributed by atoms with Gasteiger partial charge in [-0.3, -0.25) is 9.78 Å². The van der Waals surface area contributed by atoms with Crippen molar-refractivity contribution in [3.05, 3.63) is 89.6 Å². The molecule has 32 heavy (non-hydrogen) atoms. The molecule has 0 aliphatic carbocycles. The summed E-state index contributed by atoms with van der Waals surface area (Å²) < 4.78 is 10.5. The van der Waals surface area contributed by atoms with E-state index >= 15 is 0 Å². The van der Waals surface area contributed by atoms with Crippen molar-refractivity contribution < 1.29 is 19.1 Å². The van der Waals surface area contributed by atoms with Gasteiger partial charge in [0.2, 0.25) is 0 Å². The number of carbonyl (C=O) groups excluding carboxylic acids is 2. The van der Waals surface area contributed by atoms with Crippen molar-refractivity contribution in [2.45, 2.75) is 0 Å². The summed E-state index contributed by atoms with van der Waals surface area (Å²) in [5, 5.41) is 5.04. The van der Waals surface area contributed by atoms with Gasteiger partial charge in [-0.05, 0) is 41.1 Å². The van der Waals surface area contributed by atoms with Crippen LogP contribution in [0.25, 0.3) is 22.0 Å². The van der Waals surface area contributed by atoms with Crippen molar-refractivity contribution in [1.29, 1.82) is 0 Å². The van der Waals surface area contributed by atoms with Gasteiger partial charge < -0.3 is 14.8 Å². The highest BCUT2D eigenvalue weighted by atomic mass is 35.5. The van der Waals surface area contributed by atoms with Crippen molar-refractivity contribution in [2.75, 3.05) is 19.0 Å². The molecule has 0 atom stereocenters. The fourth-order valence-electron chi connectivity index (χ4n) is 3.33. The number of hydrogen-bond acceptors (Lipinski definition) is 5. The minimum Gasteiger partial charge on any atom is -0.481 e. The van der Waals surface area contributed by atoms with Crippen molar-refractivity contribution in [2.24, 2.45) is 0 Å². The van der Waals surface area contributed by atoms with Gasteiger partial charge in [0.15, 0.2) is 6.61 Å². The molecule has 0 aliphatic rings. The van der Waals surface area contributed by atoms with Crippen LogP contribution in [0.3, 0.4) is 0 Å². The highest BCUT2D eigenvalue weighted by molar-refractivity contribution is 6.34. The predicted molar refractivity (Wildman–Crippen MR) is 124 cm³/mol. The van der Waals surface area contributed by atoms with Gasteiger partial charge >= 0.3 is 5.97 Å². The number of halogens is 1. The number of pyridine rings is 1. The topological polar surface area (TPSA) is 77.5 Å².